The smallest absolute Gasteiger partial charge is 0.189 e. The molecule has 0 aliphatic carbocycles. The molecule has 2 unspecified atom stereocenters. The van der Waals surface area contributed by atoms with Crippen LogP contribution in [0.5, 0.6) is 0 Å². The Morgan fingerprint density at radius 3 is 2.62 bits per heavy atom. The molecule has 3 heteroatoms. The van der Waals surface area contributed by atoms with Gasteiger partial charge in [0.2, 0.25) is 0 Å². The molecule has 46 valence electrons. The van der Waals surface area contributed by atoms with Crippen molar-refractivity contribution in [2.24, 2.45) is 0 Å². The van der Waals surface area contributed by atoms with Gasteiger partial charge in [-0.2, -0.15) is 0 Å². The average Bonchev–Trinajstić information content (AvgIpc) is 2.42. The lowest BCUT2D eigenvalue weighted by atomic mass is 10.3. The van der Waals surface area contributed by atoms with Gasteiger partial charge in [0.25, 0.3) is 0 Å². The third-order valence-electron chi connectivity index (χ3n) is 1.23. The highest BCUT2D eigenvalue weighted by atomic mass is 32.1. The van der Waals surface area contributed by atoms with Crippen molar-refractivity contribution in [3.8, 4) is 0 Å². The van der Waals surface area contributed by atoms with Crippen LogP contribution in [0.2, 0.25) is 0 Å². The van der Waals surface area contributed by atoms with Gasteiger partial charge in [-0.15, -0.1) is 0 Å². The van der Waals surface area contributed by atoms with E-state index in [0.29, 0.717) is 0 Å². The summed E-state index contributed by atoms with van der Waals surface area (Å²) in [6.07, 6.45) is 1.01. The second-order valence-corrected chi connectivity index (χ2v) is 2.26. The standard InChI is InChI=1S/C5H8O2S/c1-2-3-4(7-3)5(6)8/h3-4H,2H2,1H3,(H,6,8). The second kappa shape index (κ2) is 1.99. The van der Waals surface area contributed by atoms with Crippen molar-refractivity contribution in [3.05, 3.63) is 0 Å². The summed E-state index contributed by atoms with van der Waals surface area (Å²) in [5.74, 6) is 0. The largest absolute Gasteiger partial charge is 0.500 e. The summed E-state index contributed by atoms with van der Waals surface area (Å²) < 4.78 is 4.94. The highest BCUT2D eigenvalue weighted by Gasteiger charge is 2.40. The van der Waals surface area contributed by atoms with Gasteiger partial charge in [-0.1, -0.05) is 6.92 Å². The Balaban J connectivity index is 2.26. The Labute approximate surface area is 53.5 Å². The number of epoxide rings is 1. The number of hydrogen-bond donors (Lipinski definition) is 1. The van der Waals surface area contributed by atoms with E-state index >= 15 is 0 Å². The van der Waals surface area contributed by atoms with E-state index in [1.165, 1.54) is 0 Å². The quantitative estimate of drug-likeness (QED) is 0.450. The molecule has 1 heterocycles. The van der Waals surface area contributed by atoms with E-state index in [1.807, 2.05) is 6.92 Å². The Morgan fingerprint density at radius 2 is 2.50 bits per heavy atom. The van der Waals surface area contributed by atoms with Crippen LogP contribution in [-0.2, 0) is 4.74 Å². The lowest BCUT2D eigenvalue weighted by Gasteiger charge is -1.82. The van der Waals surface area contributed by atoms with Crippen molar-refractivity contribution in [2.75, 3.05) is 0 Å². The fourth-order valence-corrected chi connectivity index (χ4v) is 0.878. The summed E-state index contributed by atoms with van der Waals surface area (Å²) in [5.41, 5.74) is 0. The Morgan fingerprint density at radius 1 is 1.88 bits per heavy atom. The zero-order valence-corrected chi connectivity index (χ0v) is 5.44. The lowest BCUT2D eigenvalue weighted by Crippen LogP contribution is -2.04. The van der Waals surface area contributed by atoms with Crippen molar-refractivity contribution in [1.82, 2.24) is 0 Å². The van der Waals surface area contributed by atoms with E-state index in [4.69, 9.17) is 9.84 Å². The van der Waals surface area contributed by atoms with E-state index in [9.17, 15) is 0 Å². The van der Waals surface area contributed by atoms with Gasteiger partial charge < -0.3 is 9.84 Å². The molecule has 1 fully saturated rings. The first kappa shape index (κ1) is 5.98. The van der Waals surface area contributed by atoms with Gasteiger partial charge in [-0.3, -0.25) is 0 Å². The predicted octanol–water partition coefficient (Wildman–Crippen LogP) is 1.05. The van der Waals surface area contributed by atoms with E-state index in [0.717, 1.165) is 6.42 Å². The number of ether oxygens (including phenoxy) is 1. The van der Waals surface area contributed by atoms with E-state index < -0.39 is 0 Å². The zero-order chi connectivity index (χ0) is 6.15. The molecule has 0 aromatic rings. The van der Waals surface area contributed by atoms with Crippen molar-refractivity contribution >= 4 is 17.3 Å². The molecule has 0 amide bonds. The minimum atomic E-state index is -0.130. The normalized spacial score (nSPS) is 34.6. The molecule has 1 aliphatic rings. The maximum absolute atomic E-state index is 8.60. The van der Waals surface area contributed by atoms with Crippen LogP contribution < -0.4 is 0 Å². The summed E-state index contributed by atoms with van der Waals surface area (Å²) in [6.45, 7) is 2.00. The minimum absolute atomic E-state index is 0.00292. The maximum Gasteiger partial charge on any atom is 0.189 e. The second-order valence-electron chi connectivity index (χ2n) is 1.84. The summed E-state index contributed by atoms with van der Waals surface area (Å²) in [6, 6.07) is 0. The van der Waals surface area contributed by atoms with Gasteiger partial charge >= 0.3 is 0 Å². The summed E-state index contributed by atoms with van der Waals surface area (Å²) in [7, 11) is 0. The monoisotopic (exact) mass is 132 g/mol. The predicted molar refractivity (Wildman–Crippen MR) is 34.2 cm³/mol. The molecule has 1 rings (SSSR count). The first-order valence-corrected chi connectivity index (χ1v) is 3.04. The molecule has 0 bridgehead atoms. The van der Waals surface area contributed by atoms with Gasteiger partial charge in [0.15, 0.2) is 11.2 Å². The number of aliphatic hydroxyl groups is 1. The molecule has 2 atom stereocenters. The molecule has 2 nitrogen and oxygen atoms in total. The van der Waals surface area contributed by atoms with Gasteiger partial charge in [0.1, 0.15) is 0 Å². The van der Waals surface area contributed by atoms with E-state index in [2.05, 4.69) is 12.2 Å². The molecule has 0 aromatic heterocycles. The third kappa shape index (κ3) is 0.980. The first-order valence-electron chi connectivity index (χ1n) is 2.64. The van der Waals surface area contributed by atoms with Crippen molar-refractivity contribution in [2.45, 2.75) is 25.6 Å². The summed E-state index contributed by atoms with van der Waals surface area (Å²) in [5, 5.41) is 8.60. The molecule has 1 N–H and O–H groups in total. The highest BCUT2D eigenvalue weighted by Crippen LogP contribution is 2.25. The van der Waals surface area contributed by atoms with Crippen LogP contribution in [0.4, 0.5) is 0 Å². The van der Waals surface area contributed by atoms with Crippen LogP contribution in [0.25, 0.3) is 0 Å². The topological polar surface area (TPSA) is 32.8 Å². The van der Waals surface area contributed by atoms with Crippen LogP contribution in [0.3, 0.4) is 0 Å². The van der Waals surface area contributed by atoms with Crippen LogP contribution in [0.1, 0.15) is 13.3 Å². The summed E-state index contributed by atoms with van der Waals surface area (Å²) >= 11 is 4.46. The van der Waals surface area contributed by atoms with Crippen molar-refractivity contribution in [3.63, 3.8) is 0 Å². The summed E-state index contributed by atoms with van der Waals surface area (Å²) in [4.78, 5) is 0. The molecule has 0 aromatic carbocycles. The Bertz CT molecular complexity index is 113. The zero-order valence-electron chi connectivity index (χ0n) is 4.63. The molecule has 1 saturated heterocycles. The first-order chi connectivity index (χ1) is 3.75. The molecule has 8 heavy (non-hydrogen) atoms. The third-order valence-corrected chi connectivity index (χ3v) is 1.46. The number of aliphatic hydroxyl groups excluding tert-OH is 1. The SMILES string of the molecule is CCC1OC1C(O)=S. The average molecular weight is 132 g/mol. The van der Waals surface area contributed by atoms with Gasteiger partial charge in [0, 0.05) is 0 Å². The van der Waals surface area contributed by atoms with Crippen LogP contribution >= 0.6 is 12.2 Å². The molecular weight excluding hydrogens is 124 g/mol. The van der Waals surface area contributed by atoms with E-state index in [-0.39, 0.29) is 17.3 Å². The Hall–Kier alpha value is -0.150. The van der Waals surface area contributed by atoms with Crippen molar-refractivity contribution in [1.29, 1.82) is 0 Å². The molecule has 0 spiro atoms. The highest BCUT2D eigenvalue weighted by molar-refractivity contribution is 7.80. The molecular formula is C5H8O2S. The van der Waals surface area contributed by atoms with Crippen LogP contribution in [0.15, 0.2) is 0 Å². The van der Waals surface area contributed by atoms with Crippen molar-refractivity contribution < 1.29 is 9.84 Å². The molecule has 0 radical (unpaired) electrons. The van der Waals surface area contributed by atoms with Gasteiger partial charge in [-0.25, -0.2) is 0 Å². The number of thiocarbonyl (C=S) groups is 1. The Kier molecular flexibility index (Phi) is 1.49. The minimum Gasteiger partial charge on any atom is -0.500 e. The van der Waals surface area contributed by atoms with Gasteiger partial charge in [0.05, 0.1) is 6.10 Å². The fourth-order valence-electron chi connectivity index (χ4n) is 0.670. The molecule has 1 aliphatic heterocycles. The number of hydrogen-bond acceptors (Lipinski definition) is 2. The van der Waals surface area contributed by atoms with Crippen LogP contribution in [0, 0.1) is 0 Å². The van der Waals surface area contributed by atoms with E-state index in [1.54, 1.807) is 0 Å². The lowest BCUT2D eigenvalue weighted by molar-refractivity contribution is 0.378. The molecule has 0 saturated carbocycles. The maximum atomic E-state index is 8.60. The fraction of sp³-hybridized carbons (Fsp3) is 0.800. The number of rotatable bonds is 2. The van der Waals surface area contributed by atoms with Crippen LogP contribution in [-0.4, -0.2) is 22.4 Å². The van der Waals surface area contributed by atoms with Gasteiger partial charge in [-0.05, 0) is 18.6 Å².